The zero-order valence-electron chi connectivity index (χ0n) is 15.6. The molecule has 0 saturated carbocycles. The van der Waals surface area contributed by atoms with E-state index in [1.165, 1.54) is 0 Å². The van der Waals surface area contributed by atoms with E-state index in [-0.39, 0.29) is 12.5 Å². The van der Waals surface area contributed by atoms with Crippen LogP contribution in [0.4, 0.5) is 11.4 Å². The van der Waals surface area contributed by atoms with Gasteiger partial charge in [-0.15, -0.1) is 0 Å². The predicted molar refractivity (Wildman–Crippen MR) is 111 cm³/mol. The maximum Gasteiger partial charge on any atom is 0.245 e. The second-order valence-electron chi connectivity index (χ2n) is 6.58. The number of nitrogens with zero attached hydrogens (tertiary/aromatic N) is 1. The van der Waals surface area contributed by atoms with Crippen molar-refractivity contribution in [3.63, 3.8) is 0 Å². The van der Waals surface area contributed by atoms with Crippen molar-refractivity contribution in [3.8, 4) is 0 Å². The molecule has 0 heterocycles. The number of amides is 1. The molecule has 0 atom stereocenters. The summed E-state index contributed by atoms with van der Waals surface area (Å²) in [5.74, 6) is -0.389. The van der Waals surface area contributed by atoms with Crippen LogP contribution in [0.3, 0.4) is 0 Å². The Morgan fingerprint density at radius 3 is 2.19 bits per heavy atom. The normalized spacial score (nSPS) is 11.4. The van der Waals surface area contributed by atoms with Crippen LogP contribution in [0.15, 0.2) is 60.7 Å². The molecule has 3 rings (SSSR count). The largest absolute Gasteiger partial charge is 0.324 e. The van der Waals surface area contributed by atoms with Crippen LogP contribution in [-0.2, 0) is 14.8 Å². The number of rotatable bonds is 5. The summed E-state index contributed by atoms with van der Waals surface area (Å²) in [5, 5.41) is 4.76. The van der Waals surface area contributed by atoms with Crippen molar-refractivity contribution in [3.05, 3.63) is 71.8 Å². The number of carbonyl (C=O) groups excluding carboxylic acids is 1. The molecule has 0 aliphatic rings. The van der Waals surface area contributed by atoms with Crippen molar-refractivity contribution in [2.24, 2.45) is 0 Å². The van der Waals surface area contributed by atoms with Gasteiger partial charge < -0.3 is 5.32 Å². The van der Waals surface area contributed by atoms with Gasteiger partial charge in [0.1, 0.15) is 6.54 Å². The fraction of sp³-hybridized carbons (Fsp3) is 0.190. The standard InChI is InChI=1S/C21H22N2O3S/c1-15-8-6-9-16(2)21(15)23(27(3,25)26)14-20(24)22-19-13-7-11-17-10-4-5-12-18(17)19/h4-13H,14H2,1-3H3,(H,22,24). The number of carbonyl (C=O) groups is 1. The van der Waals surface area contributed by atoms with Crippen LogP contribution in [-0.4, -0.2) is 27.1 Å². The number of para-hydroxylation sites is 1. The molecule has 27 heavy (non-hydrogen) atoms. The highest BCUT2D eigenvalue weighted by atomic mass is 32.2. The molecule has 140 valence electrons. The summed E-state index contributed by atoms with van der Waals surface area (Å²) in [5.41, 5.74) is 2.82. The van der Waals surface area contributed by atoms with Gasteiger partial charge in [-0.2, -0.15) is 0 Å². The van der Waals surface area contributed by atoms with Crippen LogP contribution in [0.5, 0.6) is 0 Å². The molecule has 0 unspecified atom stereocenters. The average molecular weight is 382 g/mol. The number of hydrogen-bond donors (Lipinski definition) is 1. The molecule has 0 aliphatic heterocycles. The molecule has 3 aromatic carbocycles. The maximum absolute atomic E-state index is 12.7. The fourth-order valence-electron chi connectivity index (χ4n) is 3.22. The Morgan fingerprint density at radius 1 is 0.926 bits per heavy atom. The molecule has 0 spiro atoms. The molecule has 0 aliphatic carbocycles. The number of sulfonamides is 1. The Bertz CT molecular complexity index is 1080. The van der Waals surface area contributed by atoms with Crippen molar-refractivity contribution in [2.75, 3.05) is 22.4 Å². The lowest BCUT2D eigenvalue weighted by molar-refractivity contribution is -0.114. The summed E-state index contributed by atoms with van der Waals surface area (Å²) in [4.78, 5) is 12.7. The van der Waals surface area contributed by atoms with Crippen LogP contribution in [0.1, 0.15) is 11.1 Å². The SMILES string of the molecule is Cc1cccc(C)c1N(CC(=O)Nc1cccc2ccccc12)S(C)(=O)=O. The second kappa shape index (κ2) is 7.40. The van der Waals surface area contributed by atoms with E-state index in [1.807, 2.05) is 74.5 Å². The van der Waals surface area contributed by atoms with Gasteiger partial charge in [0.05, 0.1) is 11.9 Å². The Balaban J connectivity index is 1.92. The summed E-state index contributed by atoms with van der Waals surface area (Å²) in [6.45, 7) is 3.39. The average Bonchev–Trinajstić information content (AvgIpc) is 2.60. The smallest absolute Gasteiger partial charge is 0.245 e. The van der Waals surface area contributed by atoms with Crippen LogP contribution < -0.4 is 9.62 Å². The van der Waals surface area contributed by atoms with Gasteiger partial charge in [-0.3, -0.25) is 9.10 Å². The molecule has 0 radical (unpaired) electrons. The Morgan fingerprint density at radius 2 is 1.52 bits per heavy atom. The maximum atomic E-state index is 12.7. The number of anilines is 2. The first-order valence-electron chi connectivity index (χ1n) is 8.59. The first-order valence-corrected chi connectivity index (χ1v) is 10.4. The molecular weight excluding hydrogens is 360 g/mol. The number of hydrogen-bond acceptors (Lipinski definition) is 3. The number of aryl methyl sites for hydroxylation is 2. The van der Waals surface area contributed by atoms with Gasteiger partial charge in [-0.05, 0) is 36.4 Å². The number of benzene rings is 3. The zero-order chi connectivity index (χ0) is 19.6. The van der Waals surface area contributed by atoms with Gasteiger partial charge in [0.25, 0.3) is 0 Å². The van der Waals surface area contributed by atoms with Crippen molar-refractivity contribution >= 4 is 38.1 Å². The van der Waals surface area contributed by atoms with Crippen molar-refractivity contribution in [2.45, 2.75) is 13.8 Å². The van der Waals surface area contributed by atoms with E-state index in [0.717, 1.165) is 32.5 Å². The number of fused-ring (bicyclic) bond motifs is 1. The molecule has 5 nitrogen and oxygen atoms in total. The lowest BCUT2D eigenvalue weighted by Crippen LogP contribution is -2.38. The molecule has 1 N–H and O–H groups in total. The Kier molecular flexibility index (Phi) is 5.19. The van der Waals surface area contributed by atoms with Crippen molar-refractivity contribution < 1.29 is 13.2 Å². The summed E-state index contributed by atoms with van der Waals surface area (Å²) < 4.78 is 25.9. The van der Waals surface area contributed by atoms with E-state index in [1.54, 1.807) is 0 Å². The van der Waals surface area contributed by atoms with Crippen molar-refractivity contribution in [1.82, 2.24) is 0 Å². The first-order chi connectivity index (χ1) is 12.8. The highest BCUT2D eigenvalue weighted by molar-refractivity contribution is 7.92. The third kappa shape index (κ3) is 4.11. The minimum absolute atomic E-state index is 0.284. The third-order valence-electron chi connectivity index (χ3n) is 4.44. The second-order valence-corrected chi connectivity index (χ2v) is 8.49. The molecule has 3 aromatic rings. The molecule has 0 bridgehead atoms. The van der Waals surface area contributed by atoms with Gasteiger partial charge in [0.15, 0.2) is 0 Å². The lowest BCUT2D eigenvalue weighted by atomic mass is 10.1. The quantitative estimate of drug-likeness (QED) is 0.729. The third-order valence-corrected chi connectivity index (χ3v) is 5.55. The van der Waals surface area contributed by atoms with Crippen LogP contribution in [0, 0.1) is 13.8 Å². The van der Waals surface area contributed by atoms with E-state index in [0.29, 0.717) is 11.4 Å². The summed E-state index contributed by atoms with van der Waals surface area (Å²) in [6, 6.07) is 18.9. The first kappa shape index (κ1) is 18.9. The Labute approximate surface area is 159 Å². The van der Waals surface area contributed by atoms with Crippen LogP contribution >= 0.6 is 0 Å². The highest BCUT2D eigenvalue weighted by Gasteiger charge is 2.24. The van der Waals surface area contributed by atoms with E-state index >= 15 is 0 Å². The molecule has 1 amide bonds. The Hall–Kier alpha value is -2.86. The zero-order valence-corrected chi connectivity index (χ0v) is 16.4. The topological polar surface area (TPSA) is 66.5 Å². The lowest BCUT2D eigenvalue weighted by Gasteiger charge is -2.25. The summed E-state index contributed by atoms with van der Waals surface area (Å²) >= 11 is 0. The molecule has 6 heteroatoms. The van der Waals surface area contributed by atoms with E-state index in [4.69, 9.17) is 0 Å². The van der Waals surface area contributed by atoms with E-state index < -0.39 is 10.0 Å². The summed E-state index contributed by atoms with van der Waals surface area (Å²) in [6.07, 6.45) is 1.12. The molecular formula is C21H22N2O3S. The van der Waals surface area contributed by atoms with E-state index in [9.17, 15) is 13.2 Å². The monoisotopic (exact) mass is 382 g/mol. The molecule has 0 fully saturated rings. The molecule has 0 aromatic heterocycles. The molecule has 0 saturated heterocycles. The van der Waals surface area contributed by atoms with Gasteiger partial charge >= 0.3 is 0 Å². The number of nitrogens with one attached hydrogen (secondary N) is 1. The van der Waals surface area contributed by atoms with Crippen LogP contribution in [0.25, 0.3) is 10.8 Å². The van der Waals surface area contributed by atoms with Gasteiger partial charge in [-0.1, -0.05) is 54.6 Å². The highest BCUT2D eigenvalue weighted by Crippen LogP contribution is 2.27. The van der Waals surface area contributed by atoms with Gasteiger partial charge in [0, 0.05) is 11.1 Å². The summed E-state index contributed by atoms with van der Waals surface area (Å²) in [7, 11) is -3.62. The minimum atomic E-state index is -3.62. The van der Waals surface area contributed by atoms with Crippen molar-refractivity contribution in [1.29, 1.82) is 0 Å². The minimum Gasteiger partial charge on any atom is -0.324 e. The fourth-order valence-corrected chi connectivity index (χ4v) is 4.19. The van der Waals surface area contributed by atoms with Crippen LogP contribution in [0.2, 0.25) is 0 Å². The predicted octanol–water partition coefficient (Wildman–Crippen LogP) is 3.86. The van der Waals surface area contributed by atoms with E-state index in [2.05, 4.69) is 5.32 Å². The van der Waals surface area contributed by atoms with Gasteiger partial charge in [-0.25, -0.2) is 8.42 Å². The van der Waals surface area contributed by atoms with Gasteiger partial charge in [0.2, 0.25) is 15.9 Å².